The summed E-state index contributed by atoms with van der Waals surface area (Å²) in [5, 5.41) is 9.34. The molecule has 1 aromatic carbocycles. The van der Waals surface area contributed by atoms with Gasteiger partial charge in [0.2, 0.25) is 0 Å². The van der Waals surface area contributed by atoms with Crippen LogP contribution >= 0.6 is 34.8 Å². The molecule has 0 heterocycles. The molecule has 0 radical (unpaired) electrons. The van der Waals surface area contributed by atoms with Crippen molar-refractivity contribution in [2.45, 2.75) is 6.42 Å². The number of carbonyl (C=O) groups is 1. The minimum atomic E-state index is -0.939. The first-order chi connectivity index (χ1) is 7.00. The smallest absolute Gasteiger partial charge is 0.306 e. The molecule has 1 rings (SSSR count). The standard InChI is InChI=1S/C9H7Cl3O3/c10-5-3-7(12)8(4-6(5)11)15-2-1-9(13)14/h3-4H,1-2H2,(H,13,14). The van der Waals surface area contributed by atoms with Crippen LogP contribution in [-0.4, -0.2) is 17.7 Å². The van der Waals surface area contributed by atoms with Crippen LogP contribution in [0.4, 0.5) is 0 Å². The third-order valence-electron chi connectivity index (χ3n) is 1.55. The Balaban J connectivity index is 2.69. The van der Waals surface area contributed by atoms with Crippen molar-refractivity contribution in [3.63, 3.8) is 0 Å². The molecule has 0 saturated heterocycles. The molecule has 0 aromatic heterocycles. The second kappa shape index (κ2) is 5.45. The van der Waals surface area contributed by atoms with Gasteiger partial charge >= 0.3 is 5.97 Å². The minimum Gasteiger partial charge on any atom is -0.491 e. The fraction of sp³-hybridized carbons (Fsp3) is 0.222. The number of rotatable bonds is 4. The second-order valence-corrected chi connectivity index (χ2v) is 3.91. The van der Waals surface area contributed by atoms with Crippen molar-refractivity contribution < 1.29 is 14.6 Å². The molecule has 82 valence electrons. The molecule has 0 amide bonds. The molecule has 0 fully saturated rings. The number of hydrogen-bond donors (Lipinski definition) is 1. The highest BCUT2D eigenvalue weighted by molar-refractivity contribution is 6.43. The number of benzene rings is 1. The van der Waals surface area contributed by atoms with Gasteiger partial charge in [-0.1, -0.05) is 34.8 Å². The maximum atomic E-state index is 10.2. The largest absolute Gasteiger partial charge is 0.491 e. The van der Waals surface area contributed by atoms with Gasteiger partial charge in [0.05, 0.1) is 28.1 Å². The lowest BCUT2D eigenvalue weighted by molar-refractivity contribution is -0.137. The van der Waals surface area contributed by atoms with E-state index >= 15 is 0 Å². The number of aliphatic carboxylic acids is 1. The van der Waals surface area contributed by atoms with Crippen LogP contribution < -0.4 is 4.74 Å². The number of hydrogen-bond acceptors (Lipinski definition) is 2. The lowest BCUT2D eigenvalue weighted by atomic mass is 10.3. The Kier molecular flexibility index (Phi) is 4.51. The Morgan fingerprint density at radius 2 is 1.80 bits per heavy atom. The van der Waals surface area contributed by atoms with E-state index in [1.54, 1.807) is 0 Å². The summed E-state index contributed by atoms with van der Waals surface area (Å²) in [6.45, 7) is 0.0347. The Bertz CT molecular complexity index is 379. The fourth-order valence-corrected chi connectivity index (χ4v) is 1.45. The zero-order valence-electron chi connectivity index (χ0n) is 7.47. The molecule has 0 unspecified atom stereocenters. The lowest BCUT2D eigenvalue weighted by Crippen LogP contribution is -2.05. The first kappa shape index (κ1) is 12.4. The topological polar surface area (TPSA) is 46.5 Å². The van der Waals surface area contributed by atoms with Gasteiger partial charge in [0.25, 0.3) is 0 Å². The lowest BCUT2D eigenvalue weighted by Gasteiger charge is -2.07. The van der Waals surface area contributed by atoms with Gasteiger partial charge < -0.3 is 9.84 Å². The molecule has 0 spiro atoms. The molecule has 0 atom stereocenters. The van der Waals surface area contributed by atoms with Crippen molar-refractivity contribution in [2.75, 3.05) is 6.61 Å². The zero-order valence-corrected chi connectivity index (χ0v) is 9.73. The van der Waals surface area contributed by atoms with Crippen LogP contribution in [0.15, 0.2) is 12.1 Å². The Labute approximate surface area is 102 Å². The van der Waals surface area contributed by atoms with Gasteiger partial charge in [-0.25, -0.2) is 0 Å². The van der Waals surface area contributed by atoms with E-state index in [1.807, 2.05) is 0 Å². The van der Waals surface area contributed by atoms with Crippen molar-refractivity contribution in [3.05, 3.63) is 27.2 Å². The quantitative estimate of drug-likeness (QED) is 0.851. The molecule has 15 heavy (non-hydrogen) atoms. The zero-order chi connectivity index (χ0) is 11.4. The van der Waals surface area contributed by atoms with Crippen LogP contribution in [-0.2, 0) is 4.79 Å². The number of halogens is 3. The van der Waals surface area contributed by atoms with Crippen molar-refractivity contribution in [3.8, 4) is 5.75 Å². The summed E-state index contributed by atoms with van der Waals surface area (Å²) in [5.41, 5.74) is 0. The molecule has 1 aromatic rings. The van der Waals surface area contributed by atoms with Crippen LogP contribution in [0.3, 0.4) is 0 Å². The van der Waals surface area contributed by atoms with Crippen molar-refractivity contribution in [1.29, 1.82) is 0 Å². The second-order valence-electron chi connectivity index (χ2n) is 2.69. The van der Waals surface area contributed by atoms with Crippen molar-refractivity contribution >= 4 is 40.8 Å². The van der Waals surface area contributed by atoms with Crippen LogP contribution in [0, 0.1) is 0 Å². The monoisotopic (exact) mass is 268 g/mol. The minimum absolute atomic E-state index is 0.0347. The number of carboxylic acid groups (broad SMARTS) is 1. The Morgan fingerprint density at radius 3 is 2.40 bits per heavy atom. The first-order valence-corrected chi connectivity index (χ1v) is 5.13. The molecular formula is C9H7Cl3O3. The van der Waals surface area contributed by atoms with Gasteiger partial charge in [0.1, 0.15) is 5.75 Å². The van der Waals surface area contributed by atoms with Gasteiger partial charge in [-0.15, -0.1) is 0 Å². The fourth-order valence-electron chi connectivity index (χ4n) is 0.863. The molecular weight excluding hydrogens is 262 g/mol. The highest BCUT2D eigenvalue weighted by Gasteiger charge is 2.07. The van der Waals surface area contributed by atoms with Gasteiger partial charge in [0, 0.05) is 6.07 Å². The van der Waals surface area contributed by atoms with Gasteiger partial charge in [-0.2, -0.15) is 0 Å². The summed E-state index contributed by atoms with van der Waals surface area (Å²) in [4.78, 5) is 10.2. The van der Waals surface area contributed by atoms with E-state index in [0.717, 1.165) is 0 Å². The van der Waals surface area contributed by atoms with E-state index in [1.165, 1.54) is 12.1 Å². The molecule has 1 N–H and O–H groups in total. The predicted octanol–water partition coefficient (Wildman–Crippen LogP) is 3.50. The molecule has 3 nitrogen and oxygen atoms in total. The van der Waals surface area contributed by atoms with Crippen LogP contribution in [0.5, 0.6) is 5.75 Å². The van der Waals surface area contributed by atoms with E-state index in [-0.39, 0.29) is 13.0 Å². The van der Waals surface area contributed by atoms with E-state index in [9.17, 15) is 4.79 Å². The molecule has 0 aliphatic heterocycles. The van der Waals surface area contributed by atoms with E-state index in [0.29, 0.717) is 20.8 Å². The van der Waals surface area contributed by atoms with Crippen molar-refractivity contribution in [1.82, 2.24) is 0 Å². The summed E-state index contributed by atoms with van der Waals surface area (Å²) >= 11 is 17.2. The third kappa shape index (κ3) is 3.78. The third-order valence-corrected chi connectivity index (χ3v) is 2.57. The molecule has 0 aliphatic rings. The normalized spacial score (nSPS) is 10.1. The molecule has 0 aliphatic carbocycles. The molecule has 0 saturated carbocycles. The maximum absolute atomic E-state index is 10.2. The molecule has 6 heteroatoms. The summed E-state index contributed by atoms with van der Waals surface area (Å²) in [5.74, 6) is -0.613. The first-order valence-electron chi connectivity index (χ1n) is 4.00. The highest BCUT2D eigenvalue weighted by atomic mass is 35.5. The highest BCUT2D eigenvalue weighted by Crippen LogP contribution is 2.33. The van der Waals surface area contributed by atoms with Crippen molar-refractivity contribution in [2.24, 2.45) is 0 Å². The predicted molar refractivity (Wildman–Crippen MR) is 59.2 cm³/mol. The van der Waals surface area contributed by atoms with Gasteiger partial charge in [0.15, 0.2) is 0 Å². The summed E-state index contributed by atoms with van der Waals surface area (Å²) in [7, 11) is 0. The van der Waals surface area contributed by atoms with Gasteiger partial charge in [-0.05, 0) is 6.07 Å². The van der Waals surface area contributed by atoms with Crippen LogP contribution in [0.2, 0.25) is 15.1 Å². The van der Waals surface area contributed by atoms with E-state index in [2.05, 4.69) is 0 Å². The number of carboxylic acids is 1. The van der Waals surface area contributed by atoms with E-state index < -0.39 is 5.97 Å². The SMILES string of the molecule is O=C(O)CCOc1cc(Cl)c(Cl)cc1Cl. The van der Waals surface area contributed by atoms with Crippen LogP contribution in [0.25, 0.3) is 0 Å². The average molecular weight is 270 g/mol. The Hall–Kier alpha value is -0.640. The van der Waals surface area contributed by atoms with Crippen LogP contribution in [0.1, 0.15) is 6.42 Å². The van der Waals surface area contributed by atoms with Gasteiger partial charge in [-0.3, -0.25) is 4.79 Å². The molecule has 0 bridgehead atoms. The summed E-state index contributed by atoms with van der Waals surface area (Å²) < 4.78 is 5.13. The maximum Gasteiger partial charge on any atom is 0.306 e. The number of ether oxygens (including phenoxy) is 1. The average Bonchev–Trinajstić information content (AvgIpc) is 2.13. The summed E-state index contributed by atoms with van der Waals surface area (Å²) in [6, 6.07) is 2.90. The Morgan fingerprint density at radius 1 is 1.20 bits per heavy atom. The summed E-state index contributed by atoms with van der Waals surface area (Å²) in [6.07, 6.45) is -0.101. The van der Waals surface area contributed by atoms with E-state index in [4.69, 9.17) is 44.6 Å².